The van der Waals surface area contributed by atoms with Gasteiger partial charge in [-0.1, -0.05) is 26.0 Å². The van der Waals surface area contributed by atoms with Crippen molar-refractivity contribution < 1.29 is 41.5 Å². The van der Waals surface area contributed by atoms with Crippen LogP contribution in [0.15, 0.2) is 36.5 Å². The topological polar surface area (TPSA) is 166 Å². The number of sulfone groups is 1. The standard InChI is InChI=1S/C26H31F2N5O7S/c1-14(2)21(30-20(13-41(4,39)40)32(26(37)38)15(3)12-34)25(36)33-19(11-16-7-6-10-29-23(16)33)24(35)31-22-17(27)8-5-9-18(22)28/h5-10,12,14-15,19-21,30H,11,13H2,1-4H3,(H,31,35)(H,37,38)/t15?,19-,20-,21-/m0/s1. The van der Waals surface area contributed by atoms with Crippen LogP contribution < -0.4 is 15.5 Å². The van der Waals surface area contributed by atoms with E-state index in [4.69, 9.17) is 0 Å². The molecule has 1 aromatic heterocycles. The zero-order valence-electron chi connectivity index (χ0n) is 22.7. The van der Waals surface area contributed by atoms with E-state index in [1.54, 1.807) is 26.0 Å². The second-order valence-electron chi connectivity index (χ2n) is 10.1. The molecule has 0 spiro atoms. The Labute approximate surface area is 235 Å². The number of anilines is 2. The first-order valence-electron chi connectivity index (χ1n) is 12.6. The summed E-state index contributed by atoms with van der Waals surface area (Å²) in [4.78, 5) is 56.8. The van der Waals surface area contributed by atoms with Crippen molar-refractivity contribution in [2.45, 2.75) is 51.5 Å². The van der Waals surface area contributed by atoms with Crippen LogP contribution in [-0.2, 0) is 30.6 Å². The minimum atomic E-state index is -3.83. The third-order valence-electron chi connectivity index (χ3n) is 6.53. The number of hydrogen-bond donors (Lipinski definition) is 3. The lowest BCUT2D eigenvalue weighted by Crippen LogP contribution is -2.63. The third-order valence-corrected chi connectivity index (χ3v) is 7.45. The number of nitrogens with zero attached hydrogens (tertiary/aromatic N) is 3. The maximum absolute atomic E-state index is 14.3. The van der Waals surface area contributed by atoms with E-state index >= 15 is 0 Å². The van der Waals surface area contributed by atoms with Crippen LogP contribution in [0, 0.1) is 17.6 Å². The number of hydrogen-bond acceptors (Lipinski definition) is 8. The number of fused-ring (bicyclic) bond motifs is 1. The zero-order valence-corrected chi connectivity index (χ0v) is 23.6. The fourth-order valence-corrected chi connectivity index (χ4v) is 5.43. The predicted octanol–water partition coefficient (Wildman–Crippen LogP) is 1.81. The Morgan fingerprint density at radius 3 is 2.34 bits per heavy atom. The lowest BCUT2D eigenvalue weighted by Gasteiger charge is -2.37. The van der Waals surface area contributed by atoms with Gasteiger partial charge < -0.3 is 15.2 Å². The number of amides is 3. The molecule has 1 aromatic carbocycles. The highest BCUT2D eigenvalue weighted by atomic mass is 32.2. The van der Waals surface area contributed by atoms with E-state index in [0.29, 0.717) is 16.7 Å². The first-order chi connectivity index (χ1) is 19.2. The largest absolute Gasteiger partial charge is 0.465 e. The fourth-order valence-electron chi connectivity index (χ4n) is 4.60. The van der Waals surface area contributed by atoms with Crippen LogP contribution in [-0.4, -0.2) is 83.9 Å². The minimum absolute atomic E-state index is 0.0438. The van der Waals surface area contributed by atoms with Crippen LogP contribution in [0.1, 0.15) is 26.3 Å². The summed E-state index contributed by atoms with van der Waals surface area (Å²) in [5, 5.41) is 14.8. The average molecular weight is 596 g/mol. The van der Waals surface area contributed by atoms with Crippen LogP contribution in [0.25, 0.3) is 0 Å². The summed E-state index contributed by atoms with van der Waals surface area (Å²) in [7, 11) is -3.83. The number of carboxylic acid groups (broad SMARTS) is 1. The minimum Gasteiger partial charge on any atom is -0.465 e. The number of rotatable bonds is 11. The van der Waals surface area contributed by atoms with E-state index < -0.39 is 81.0 Å². The van der Waals surface area contributed by atoms with Crippen LogP contribution in [0.4, 0.5) is 25.1 Å². The van der Waals surface area contributed by atoms with Gasteiger partial charge in [0.1, 0.15) is 41.6 Å². The quantitative estimate of drug-likeness (QED) is 0.259. The number of carbonyl (C=O) groups excluding carboxylic acids is 3. The SMILES string of the molecule is CC(C)[C@H](N[C@H](CS(C)(=O)=O)N(C(=O)O)C(C)C=O)C(=O)N1c2ncccc2C[C@H]1C(=O)Nc1c(F)cccc1F. The van der Waals surface area contributed by atoms with Crippen molar-refractivity contribution in [1.29, 1.82) is 0 Å². The molecule has 0 saturated heterocycles. The summed E-state index contributed by atoms with van der Waals surface area (Å²) < 4.78 is 53.0. The molecule has 3 rings (SSSR count). The normalized spacial score (nSPS) is 17.0. The molecule has 222 valence electrons. The maximum Gasteiger partial charge on any atom is 0.409 e. The van der Waals surface area contributed by atoms with Crippen molar-refractivity contribution in [1.82, 2.24) is 15.2 Å². The van der Waals surface area contributed by atoms with Gasteiger partial charge in [-0.15, -0.1) is 0 Å². The van der Waals surface area contributed by atoms with Crippen molar-refractivity contribution in [3.8, 4) is 0 Å². The summed E-state index contributed by atoms with van der Waals surface area (Å²) in [6.45, 7) is 4.48. The van der Waals surface area contributed by atoms with Gasteiger partial charge in [0.25, 0.3) is 0 Å². The second kappa shape index (κ2) is 12.7. The smallest absolute Gasteiger partial charge is 0.409 e. The first kappa shape index (κ1) is 31.5. The monoisotopic (exact) mass is 595 g/mol. The molecule has 0 bridgehead atoms. The van der Waals surface area contributed by atoms with E-state index in [2.05, 4.69) is 15.6 Å². The maximum atomic E-state index is 14.3. The molecule has 1 aliphatic heterocycles. The van der Waals surface area contributed by atoms with Crippen molar-refractivity contribution >= 4 is 45.5 Å². The summed E-state index contributed by atoms with van der Waals surface area (Å²) >= 11 is 0. The molecule has 41 heavy (non-hydrogen) atoms. The van der Waals surface area contributed by atoms with Crippen molar-refractivity contribution in [2.75, 3.05) is 22.2 Å². The first-order valence-corrected chi connectivity index (χ1v) is 14.6. The van der Waals surface area contributed by atoms with E-state index in [9.17, 15) is 41.5 Å². The van der Waals surface area contributed by atoms with Crippen LogP contribution in [0.2, 0.25) is 0 Å². The number of benzene rings is 1. The highest BCUT2D eigenvalue weighted by molar-refractivity contribution is 7.90. The van der Waals surface area contributed by atoms with Crippen LogP contribution in [0.3, 0.4) is 0 Å². The summed E-state index contributed by atoms with van der Waals surface area (Å²) in [5.74, 6) is -4.96. The molecule has 0 aliphatic carbocycles. The molecule has 1 unspecified atom stereocenters. The second-order valence-corrected chi connectivity index (χ2v) is 12.2. The molecule has 2 aromatic rings. The molecular formula is C26H31F2N5O7S. The lowest BCUT2D eigenvalue weighted by molar-refractivity contribution is -0.126. The van der Waals surface area contributed by atoms with E-state index in [1.165, 1.54) is 13.1 Å². The van der Waals surface area contributed by atoms with Crippen LogP contribution in [0.5, 0.6) is 0 Å². The Morgan fingerprint density at radius 2 is 1.80 bits per heavy atom. The molecule has 0 saturated carbocycles. The Balaban J connectivity index is 2.03. The molecule has 2 heterocycles. The number of nitrogens with one attached hydrogen (secondary N) is 2. The van der Waals surface area contributed by atoms with Gasteiger partial charge >= 0.3 is 6.09 Å². The van der Waals surface area contributed by atoms with Gasteiger partial charge in [0.05, 0.1) is 17.8 Å². The summed E-state index contributed by atoms with van der Waals surface area (Å²) in [6, 6.07) is 2.42. The number of halogens is 2. The molecule has 15 heteroatoms. The average Bonchev–Trinajstić information content (AvgIpc) is 3.27. The number of aromatic nitrogens is 1. The highest BCUT2D eigenvalue weighted by Gasteiger charge is 2.44. The predicted molar refractivity (Wildman–Crippen MR) is 145 cm³/mol. The number of pyridine rings is 1. The van der Waals surface area contributed by atoms with E-state index in [0.717, 1.165) is 29.4 Å². The Hall–Kier alpha value is -3.98. The number of carbonyl (C=O) groups is 4. The van der Waals surface area contributed by atoms with Gasteiger partial charge in [0, 0.05) is 18.9 Å². The molecule has 3 N–H and O–H groups in total. The summed E-state index contributed by atoms with van der Waals surface area (Å²) in [5.41, 5.74) is -0.201. The zero-order chi connectivity index (χ0) is 30.6. The number of aldehydes is 1. The molecular weight excluding hydrogens is 564 g/mol. The third kappa shape index (κ3) is 7.21. The van der Waals surface area contributed by atoms with Gasteiger partial charge in [-0.2, -0.15) is 0 Å². The van der Waals surface area contributed by atoms with Crippen molar-refractivity contribution in [3.05, 3.63) is 53.7 Å². The summed E-state index contributed by atoms with van der Waals surface area (Å²) in [6.07, 6.45) is -0.582. The van der Waals surface area contributed by atoms with E-state index in [-0.39, 0.29) is 12.2 Å². The van der Waals surface area contributed by atoms with Crippen molar-refractivity contribution in [3.63, 3.8) is 0 Å². The highest BCUT2D eigenvalue weighted by Crippen LogP contribution is 2.32. The lowest BCUT2D eigenvalue weighted by atomic mass is 10.0. The molecule has 0 radical (unpaired) electrons. The van der Waals surface area contributed by atoms with E-state index in [1.807, 2.05) is 0 Å². The van der Waals surface area contributed by atoms with Gasteiger partial charge in [-0.25, -0.2) is 27.0 Å². The Morgan fingerprint density at radius 1 is 1.17 bits per heavy atom. The van der Waals surface area contributed by atoms with Gasteiger partial charge in [-0.05, 0) is 36.6 Å². The fraction of sp³-hybridized carbons (Fsp3) is 0.423. The Kier molecular flexibility index (Phi) is 9.76. The molecule has 1 aliphatic rings. The van der Waals surface area contributed by atoms with Gasteiger partial charge in [0.15, 0.2) is 9.84 Å². The Bertz CT molecular complexity index is 1420. The molecule has 0 fully saturated rings. The molecule has 12 nitrogen and oxygen atoms in total. The van der Waals surface area contributed by atoms with Gasteiger partial charge in [0.2, 0.25) is 11.8 Å². The van der Waals surface area contributed by atoms with Crippen LogP contribution >= 0.6 is 0 Å². The van der Waals surface area contributed by atoms with Gasteiger partial charge in [-0.3, -0.25) is 24.7 Å². The number of para-hydroxylation sites is 1. The molecule has 4 atom stereocenters. The van der Waals surface area contributed by atoms with Crippen molar-refractivity contribution in [2.24, 2.45) is 5.92 Å². The molecule has 3 amide bonds.